The quantitative estimate of drug-likeness (QED) is 0.613. The third-order valence-corrected chi connectivity index (χ3v) is 2.30. The smallest absolute Gasteiger partial charge is 0.0900 e. The summed E-state index contributed by atoms with van der Waals surface area (Å²) in [6, 6.07) is 0. The summed E-state index contributed by atoms with van der Waals surface area (Å²) >= 11 is 0. The first-order valence-corrected chi connectivity index (χ1v) is 4.90. The monoisotopic (exact) mass is 188 g/mol. The first kappa shape index (κ1) is 10.9. The number of hydrogen-bond donors (Lipinski definition) is 2. The average molecular weight is 188 g/mol. The van der Waals surface area contributed by atoms with Crippen molar-refractivity contribution in [1.82, 2.24) is 4.90 Å². The molecule has 0 saturated carbocycles. The molecule has 1 saturated heterocycles. The minimum Gasteiger partial charge on any atom is -0.389 e. The highest BCUT2D eigenvalue weighted by Crippen LogP contribution is 2.03. The van der Waals surface area contributed by atoms with Gasteiger partial charge in [0, 0.05) is 19.6 Å². The van der Waals surface area contributed by atoms with Gasteiger partial charge in [0.15, 0.2) is 0 Å². The standard InChI is InChI=1S/C9H20N2O2/c1-8(4-10)5-11-2-3-13-7-9(12)6-11/h8-9,12H,2-7,10H2,1H3. The molecule has 1 aliphatic heterocycles. The SMILES string of the molecule is CC(CN)CN1CCOCC(O)C1. The van der Waals surface area contributed by atoms with Gasteiger partial charge in [0.2, 0.25) is 0 Å². The summed E-state index contributed by atoms with van der Waals surface area (Å²) in [7, 11) is 0. The van der Waals surface area contributed by atoms with Crippen molar-refractivity contribution in [3.05, 3.63) is 0 Å². The Morgan fingerprint density at radius 1 is 1.69 bits per heavy atom. The molecular formula is C9H20N2O2. The van der Waals surface area contributed by atoms with E-state index in [1.165, 1.54) is 0 Å². The Balaban J connectivity index is 2.30. The predicted octanol–water partition coefficient (Wildman–Crippen LogP) is -0.726. The molecule has 4 heteroatoms. The van der Waals surface area contributed by atoms with Crippen LogP contribution in [0.3, 0.4) is 0 Å². The lowest BCUT2D eigenvalue weighted by Crippen LogP contribution is -2.37. The average Bonchev–Trinajstić information content (AvgIpc) is 2.30. The first-order chi connectivity index (χ1) is 6.22. The fourth-order valence-electron chi connectivity index (χ4n) is 1.54. The minimum atomic E-state index is -0.340. The second kappa shape index (κ2) is 5.54. The molecule has 1 heterocycles. The van der Waals surface area contributed by atoms with Crippen molar-refractivity contribution in [2.75, 3.05) is 39.4 Å². The van der Waals surface area contributed by atoms with Crippen LogP contribution in [0.15, 0.2) is 0 Å². The Kier molecular flexibility index (Phi) is 4.66. The van der Waals surface area contributed by atoms with Crippen LogP contribution in [0.2, 0.25) is 0 Å². The zero-order valence-corrected chi connectivity index (χ0v) is 8.28. The number of aliphatic hydroxyl groups excluding tert-OH is 1. The van der Waals surface area contributed by atoms with E-state index in [1.807, 2.05) is 0 Å². The van der Waals surface area contributed by atoms with Gasteiger partial charge in [-0.25, -0.2) is 0 Å². The molecule has 0 aliphatic carbocycles. The molecule has 0 amide bonds. The van der Waals surface area contributed by atoms with Crippen LogP contribution in [-0.4, -0.2) is 55.5 Å². The van der Waals surface area contributed by atoms with Gasteiger partial charge >= 0.3 is 0 Å². The van der Waals surface area contributed by atoms with E-state index in [0.29, 0.717) is 32.2 Å². The molecule has 0 spiro atoms. The van der Waals surface area contributed by atoms with E-state index >= 15 is 0 Å². The molecule has 1 aliphatic rings. The number of aliphatic hydroxyl groups is 1. The van der Waals surface area contributed by atoms with Gasteiger partial charge in [0.25, 0.3) is 0 Å². The summed E-state index contributed by atoms with van der Waals surface area (Å²) in [5.74, 6) is 0.491. The molecule has 2 atom stereocenters. The van der Waals surface area contributed by atoms with Gasteiger partial charge in [-0.05, 0) is 12.5 Å². The number of β-amino-alcohol motifs (C(OH)–C–C–N with tert-alkyl or cyclic N) is 1. The van der Waals surface area contributed by atoms with Crippen molar-refractivity contribution in [3.63, 3.8) is 0 Å². The Morgan fingerprint density at radius 3 is 3.15 bits per heavy atom. The zero-order chi connectivity index (χ0) is 9.68. The molecule has 2 unspecified atom stereocenters. The third kappa shape index (κ3) is 4.04. The summed E-state index contributed by atoms with van der Waals surface area (Å²) in [6.07, 6.45) is -0.340. The first-order valence-electron chi connectivity index (χ1n) is 4.90. The Bertz CT molecular complexity index is 144. The van der Waals surface area contributed by atoms with Crippen LogP contribution in [0, 0.1) is 5.92 Å². The molecule has 13 heavy (non-hydrogen) atoms. The highest BCUT2D eigenvalue weighted by molar-refractivity contribution is 4.70. The summed E-state index contributed by atoms with van der Waals surface area (Å²) in [5.41, 5.74) is 5.54. The van der Waals surface area contributed by atoms with Gasteiger partial charge in [-0.15, -0.1) is 0 Å². The lowest BCUT2D eigenvalue weighted by Gasteiger charge is -2.23. The number of nitrogens with zero attached hydrogens (tertiary/aromatic N) is 1. The van der Waals surface area contributed by atoms with Crippen molar-refractivity contribution >= 4 is 0 Å². The molecule has 78 valence electrons. The van der Waals surface area contributed by atoms with E-state index in [4.69, 9.17) is 10.5 Å². The van der Waals surface area contributed by atoms with Crippen LogP contribution >= 0.6 is 0 Å². The van der Waals surface area contributed by atoms with E-state index in [9.17, 15) is 5.11 Å². The summed E-state index contributed by atoms with van der Waals surface area (Å²) < 4.78 is 5.23. The van der Waals surface area contributed by atoms with Crippen LogP contribution in [-0.2, 0) is 4.74 Å². The molecule has 1 rings (SSSR count). The molecule has 0 bridgehead atoms. The minimum absolute atomic E-state index is 0.340. The second-order valence-corrected chi connectivity index (χ2v) is 3.83. The van der Waals surface area contributed by atoms with Gasteiger partial charge in [-0.2, -0.15) is 0 Å². The Morgan fingerprint density at radius 2 is 2.46 bits per heavy atom. The Hall–Kier alpha value is -0.160. The van der Waals surface area contributed by atoms with Gasteiger partial charge < -0.3 is 15.6 Å². The normalized spacial score (nSPS) is 28.4. The van der Waals surface area contributed by atoms with Gasteiger partial charge in [-0.3, -0.25) is 4.90 Å². The Labute approximate surface area is 79.7 Å². The van der Waals surface area contributed by atoms with Crippen LogP contribution in [0.5, 0.6) is 0 Å². The van der Waals surface area contributed by atoms with Crippen LogP contribution in [0.25, 0.3) is 0 Å². The summed E-state index contributed by atoms with van der Waals surface area (Å²) in [6.45, 7) is 6.58. The van der Waals surface area contributed by atoms with Gasteiger partial charge in [0.05, 0.1) is 19.3 Å². The van der Waals surface area contributed by atoms with Crippen LogP contribution in [0.1, 0.15) is 6.92 Å². The van der Waals surface area contributed by atoms with Gasteiger partial charge in [-0.1, -0.05) is 6.92 Å². The fourth-order valence-corrected chi connectivity index (χ4v) is 1.54. The lowest BCUT2D eigenvalue weighted by atomic mass is 10.1. The fraction of sp³-hybridized carbons (Fsp3) is 1.00. The molecule has 3 N–H and O–H groups in total. The molecule has 4 nitrogen and oxygen atoms in total. The molecule has 0 aromatic rings. The maximum absolute atomic E-state index is 9.45. The van der Waals surface area contributed by atoms with Crippen molar-refractivity contribution in [2.24, 2.45) is 11.7 Å². The largest absolute Gasteiger partial charge is 0.389 e. The van der Waals surface area contributed by atoms with E-state index in [1.54, 1.807) is 0 Å². The highest BCUT2D eigenvalue weighted by Gasteiger charge is 2.17. The van der Waals surface area contributed by atoms with E-state index in [2.05, 4.69) is 11.8 Å². The van der Waals surface area contributed by atoms with Crippen LogP contribution in [0.4, 0.5) is 0 Å². The maximum atomic E-state index is 9.45. The van der Waals surface area contributed by atoms with Crippen molar-refractivity contribution < 1.29 is 9.84 Å². The number of nitrogens with two attached hydrogens (primary N) is 1. The molecule has 1 fully saturated rings. The van der Waals surface area contributed by atoms with E-state index in [0.717, 1.165) is 13.1 Å². The zero-order valence-electron chi connectivity index (χ0n) is 8.28. The summed E-state index contributed by atoms with van der Waals surface area (Å²) in [5, 5.41) is 9.45. The molecule has 0 aromatic heterocycles. The molecule has 0 aromatic carbocycles. The van der Waals surface area contributed by atoms with Crippen LogP contribution < -0.4 is 5.73 Å². The maximum Gasteiger partial charge on any atom is 0.0900 e. The number of rotatable bonds is 3. The van der Waals surface area contributed by atoms with E-state index < -0.39 is 0 Å². The van der Waals surface area contributed by atoms with Crippen molar-refractivity contribution in [1.29, 1.82) is 0 Å². The highest BCUT2D eigenvalue weighted by atomic mass is 16.5. The van der Waals surface area contributed by atoms with Crippen molar-refractivity contribution in [3.8, 4) is 0 Å². The van der Waals surface area contributed by atoms with Gasteiger partial charge in [0.1, 0.15) is 0 Å². The third-order valence-electron chi connectivity index (χ3n) is 2.30. The topological polar surface area (TPSA) is 58.7 Å². The number of hydrogen-bond acceptors (Lipinski definition) is 4. The van der Waals surface area contributed by atoms with E-state index in [-0.39, 0.29) is 6.10 Å². The number of ether oxygens (including phenoxy) is 1. The van der Waals surface area contributed by atoms with Crippen molar-refractivity contribution in [2.45, 2.75) is 13.0 Å². The predicted molar refractivity (Wildman–Crippen MR) is 51.5 cm³/mol. The summed E-state index contributed by atoms with van der Waals surface area (Å²) in [4.78, 5) is 2.22. The lowest BCUT2D eigenvalue weighted by molar-refractivity contribution is 0.0560. The molecular weight excluding hydrogens is 168 g/mol. The second-order valence-electron chi connectivity index (χ2n) is 3.83. The molecule has 0 radical (unpaired) electrons.